The molecule has 0 atom stereocenters. The molecule has 0 N–H and O–H groups in total. The van der Waals surface area contributed by atoms with E-state index in [2.05, 4.69) is 10.1 Å². The van der Waals surface area contributed by atoms with Crippen molar-refractivity contribution >= 4 is 17.6 Å². The SMILES string of the molecule is COc1ccc(-c2noc(N3CCC(C(=O)N(C)c4ccc(F)cc4)CC3)n2)cc1. The number of benzene rings is 2. The third kappa shape index (κ3) is 4.12. The lowest BCUT2D eigenvalue weighted by Gasteiger charge is -2.32. The number of nitrogens with zero attached hydrogens (tertiary/aromatic N) is 4. The minimum Gasteiger partial charge on any atom is -0.497 e. The van der Waals surface area contributed by atoms with Gasteiger partial charge in [-0.05, 0) is 61.4 Å². The van der Waals surface area contributed by atoms with Crippen LogP contribution in [0.3, 0.4) is 0 Å². The number of halogens is 1. The summed E-state index contributed by atoms with van der Waals surface area (Å²) in [4.78, 5) is 20.9. The van der Waals surface area contributed by atoms with Crippen LogP contribution in [0, 0.1) is 11.7 Å². The van der Waals surface area contributed by atoms with Crippen LogP contribution in [0.1, 0.15) is 12.8 Å². The van der Waals surface area contributed by atoms with Crippen LogP contribution in [-0.2, 0) is 4.79 Å². The van der Waals surface area contributed by atoms with Crippen LogP contribution < -0.4 is 14.5 Å². The van der Waals surface area contributed by atoms with E-state index in [-0.39, 0.29) is 17.6 Å². The van der Waals surface area contributed by atoms with Gasteiger partial charge in [-0.15, -0.1) is 0 Å². The number of carbonyl (C=O) groups is 1. The van der Waals surface area contributed by atoms with Crippen molar-refractivity contribution in [2.75, 3.05) is 37.0 Å². The summed E-state index contributed by atoms with van der Waals surface area (Å²) in [6.45, 7) is 1.30. The molecular formula is C22H23FN4O3. The lowest BCUT2D eigenvalue weighted by molar-refractivity contribution is -0.122. The van der Waals surface area contributed by atoms with Gasteiger partial charge in [-0.3, -0.25) is 4.79 Å². The maximum atomic E-state index is 13.1. The van der Waals surface area contributed by atoms with Crippen molar-refractivity contribution in [2.45, 2.75) is 12.8 Å². The molecule has 7 nitrogen and oxygen atoms in total. The van der Waals surface area contributed by atoms with Crippen LogP contribution in [0.25, 0.3) is 11.4 Å². The number of ether oxygens (including phenoxy) is 1. The van der Waals surface area contributed by atoms with Crippen LogP contribution in [-0.4, -0.2) is 43.3 Å². The molecule has 1 fully saturated rings. The first-order valence-corrected chi connectivity index (χ1v) is 9.81. The molecule has 0 aliphatic carbocycles. The molecule has 0 radical (unpaired) electrons. The predicted octanol–water partition coefficient (Wildman–Crippen LogP) is 3.76. The Kier molecular flexibility index (Phi) is 5.65. The van der Waals surface area contributed by atoms with E-state index < -0.39 is 0 Å². The van der Waals surface area contributed by atoms with Crippen molar-refractivity contribution in [1.29, 1.82) is 0 Å². The fourth-order valence-electron chi connectivity index (χ4n) is 3.58. The highest BCUT2D eigenvalue weighted by Crippen LogP contribution is 2.27. The maximum absolute atomic E-state index is 13.1. The van der Waals surface area contributed by atoms with Gasteiger partial charge in [0.2, 0.25) is 11.7 Å². The van der Waals surface area contributed by atoms with Crippen molar-refractivity contribution in [3.63, 3.8) is 0 Å². The van der Waals surface area contributed by atoms with Gasteiger partial charge in [0.1, 0.15) is 11.6 Å². The average Bonchev–Trinajstić information content (AvgIpc) is 3.29. The number of piperidine rings is 1. The Morgan fingerprint density at radius 1 is 1.13 bits per heavy atom. The van der Waals surface area contributed by atoms with Crippen LogP contribution >= 0.6 is 0 Å². The van der Waals surface area contributed by atoms with Crippen molar-refractivity contribution < 1.29 is 18.4 Å². The van der Waals surface area contributed by atoms with Crippen molar-refractivity contribution in [3.05, 3.63) is 54.3 Å². The van der Waals surface area contributed by atoms with Gasteiger partial charge in [-0.2, -0.15) is 4.98 Å². The zero-order valence-corrected chi connectivity index (χ0v) is 16.9. The van der Waals surface area contributed by atoms with E-state index in [9.17, 15) is 9.18 Å². The summed E-state index contributed by atoms with van der Waals surface area (Å²) in [6, 6.07) is 13.9. The van der Waals surface area contributed by atoms with E-state index in [0.29, 0.717) is 43.5 Å². The van der Waals surface area contributed by atoms with E-state index in [1.54, 1.807) is 31.2 Å². The van der Waals surface area contributed by atoms with E-state index >= 15 is 0 Å². The average molecular weight is 410 g/mol. The quantitative estimate of drug-likeness (QED) is 0.638. The first kappa shape index (κ1) is 19.9. The normalized spacial score (nSPS) is 14.6. The summed E-state index contributed by atoms with van der Waals surface area (Å²) in [5, 5.41) is 4.07. The summed E-state index contributed by atoms with van der Waals surface area (Å²) in [7, 11) is 3.34. The third-order valence-electron chi connectivity index (χ3n) is 5.42. The second-order valence-corrected chi connectivity index (χ2v) is 7.26. The molecule has 0 unspecified atom stereocenters. The standard InChI is InChI=1S/C22H23FN4O3/c1-26(18-7-5-17(23)6-8-18)21(28)16-11-13-27(14-12-16)22-24-20(25-30-22)15-3-9-19(29-2)10-4-15/h3-10,16H,11-14H2,1-2H3. The lowest BCUT2D eigenvalue weighted by Crippen LogP contribution is -2.41. The number of hydrogen-bond acceptors (Lipinski definition) is 6. The smallest absolute Gasteiger partial charge is 0.324 e. The molecule has 1 saturated heterocycles. The zero-order valence-electron chi connectivity index (χ0n) is 16.9. The van der Waals surface area contributed by atoms with Crippen molar-refractivity contribution in [2.24, 2.45) is 5.92 Å². The Bertz CT molecular complexity index is 996. The number of amides is 1. The van der Waals surface area contributed by atoms with Gasteiger partial charge >= 0.3 is 6.01 Å². The highest BCUT2D eigenvalue weighted by Gasteiger charge is 2.29. The Balaban J connectivity index is 1.37. The van der Waals surface area contributed by atoms with Gasteiger partial charge in [0, 0.05) is 37.3 Å². The second kappa shape index (κ2) is 8.52. The highest BCUT2D eigenvalue weighted by molar-refractivity contribution is 5.94. The molecule has 2 heterocycles. The van der Waals surface area contributed by atoms with E-state index in [1.165, 1.54) is 12.1 Å². The molecule has 0 bridgehead atoms. The van der Waals surface area contributed by atoms with Crippen LogP contribution in [0.2, 0.25) is 0 Å². The molecule has 2 aromatic carbocycles. The molecule has 1 aromatic heterocycles. The molecule has 0 saturated carbocycles. The molecule has 1 aliphatic rings. The van der Waals surface area contributed by atoms with Gasteiger partial charge in [0.05, 0.1) is 7.11 Å². The Morgan fingerprint density at radius 3 is 2.43 bits per heavy atom. The monoisotopic (exact) mass is 410 g/mol. The number of hydrogen-bond donors (Lipinski definition) is 0. The summed E-state index contributed by atoms with van der Waals surface area (Å²) >= 11 is 0. The van der Waals surface area contributed by atoms with Crippen LogP contribution in [0.4, 0.5) is 16.1 Å². The van der Waals surface area contributed by atoms with Crippen LogP contribution in [0.5, 0.6) is 5.75 Å². The minimum absolute atomic E-state index is 0.0331. The number of carbonyl (C=O) groups excluding carboxylic acids is 1. The number of anilines is 2. The van der Waals surface area contributed by atoms with Gasteiger partial charge in [-0.1, -0.05) is 5.16 Å². The Labute approximate surface area is 174 Å². The first-order chi connectivity index (χ1) is 14.5. The fraction of sp³-hybridized carbons (Fsp3) is 0.318. The van der Waals surface area contributed by atoms with Crippen molar-refractivity contribution in [3.8, 4) is 17.1 Å². The Hall–Kier alpha value is -3.42. The zero-order chi connectivity index (χ0) is 21.1. The Morgan fingerprint density at radius 2 is 1.80 bits per heavy atom. The first-order valence-electron chi connectivity index (χ1n) is 9.81. The molecule has 4 rings (SSSR count). The van der Waals surface area contributed by atoms with Gasteiger partial charge in [0.25, 0.3) is 0 Å². The van der Waals surface area contributed by atoms with Gasteiger partial charge < -0.3 is 19.1 Å². The molecule has 0 spiro atoms. The molecule has 1 aliphatic heterocycles. The van der Waals surface area contributed by atoms with Gasteiger partial charge in [-0.25, -0.2) is 4.39 Å². The summed E-state index contributed by atoms with van der Waals surface area (Å²) in [5.74, 6) is 0.897. The van der Waals surface area contributed by atoms with Crippen molar-refractivity contribution in [1.82, 2.24) is 10.1 Å². The van der Waals surface area contributed by atoms with Gasteiger partial charge in [0.15, 0.2) is 0 Å². The second-order valence-electron chi connectivity index (χ2n) is 7.26. The number of aromatic nitrogens is 2. The molecule has 1 amide bonds. The molecule has 3 aromatic rings. The summed E-state index contributed by atoms with van der Waals surface area (Å²) in [6.07, 6.45) is 1.37. The van der Waals surface area contributed by atoms with E-state index in [0.717, 1.165) is 11.3 Å². The number of rotatable bonds is 5. The maximum Gasteiger partial charge on any atom is 0.324 e. The number of methoxy groups -OCH3 is 1. The summed E-state index contributed by atoms with van der Waals surface area (Å²) in [5.41, 5.74) is 1.53. The molecule has 30 heavy (non-hydrogen) atoms. The third-order valence-corrected chi connectivity index (χ3v) is 5.42. The molecular weight excluding hydrogens is 387 g/mol. The lowest BCUT2D eigenvalue weighted by atomic mass is 9.95. The predicted molar refractivity (Wildman–Crippen MR) is 111 cm³/mol. The molecule has 156 valence electrons. The fourth-order valence-corrected chi connectivity index (χ4v) is 3.58. The van der Waals surface area contributed by atoms with Crippen LogP contribution in [0.15, 0.2) is 53.1 Å². The topological polar surface area (TPSA) is 71.7 Å². The highest BCUT2D eigenvalue weighted by atomic mass is 19.1. The van der Waals surface area contributed by atoms with E-state index in [1.807, 2.05) is 29.2 Å². The van der Waals surface area contributed by atoms with E-state index in [4.69, 9.17) is 9.26 Å². The summed E-state index contributed by atoms with van der Waals surface area (Å²) < 4.78 is 23.7. The molecule has 8 heteroatoms. The largest absolute Gasteiger partial charge is 0.497 e. The minimum atomic E-state index is -0.318.